The Bertz CT molecular complexity index is 301. The number of halogens is 2. The van der Waals surface area contributed by atoms with Gasteiger partial charge in [0.1, 0.15) is 0 Å². The molecule has 0 fully saturated rings. The summed E-state index contributed by atoms with van der Waals surface area (Å²) >= 11 is 4.28. The van der Waals surface area contributed by atoms with Gasteiger partial charge in [-0.25, -0.2) is 0 Å². The molecular weight excluding hydrogens is 296 g/mol. The Morgan fingerprint density at radius 1 is 1.27 bits per heavy atom. The molecule has 0 saturated heterocycles. The van der Waals surface area contributed by atoms with Gasteiger partial charge in [-0.05, 0) is 61.1 Å². The molecule has 5 heteroatoms. The number of hydrogen-bond donors (Lipinski definition) is 0. The fourth-order valence-corrected chi connectivity index (χ4v) is 1.75. The topological polar surface area (TPSA) is 40.1 Å². The lowest BCUT2D eigenvalue weighted by molar-refractivity contribution is 0.537. The van der Waals surface area contributed by atoms with E-state index >= 15 is 0 Å². The molecule has 0 aliphatic carbocycles. The Morgan fingerprint density at radius 2 is 1.91 bits per heavy atom. The first-order valence-electron chi connectivity index (χ1n) is 2.65. The minimum absolute atomic E-state index is 0.278. The van der Waals surface area contributed by atoms with Gasteiger partial charge in [0.15, 0.2) is 0 Å². The zero-order valence-electron chi connectivity index (χ0n) is 5.21. The Balaban J connectivity index is 3.15. The first kappa shape index (κ1) is 9.38. The van der Waals surface area contributed by atoms with E-state index in [1.165, 1.54) is 12.1 Å². The molecule has 0 saturated carbocycles. The summed E-state index contributed by atoms with van der Waals surface area (Å²) in [5.41, 5.74) is 0. The predicted octanol–water partition coefficient (Wildman–Crippen LogP) is 2.45. The summed E-state index contributed by atoms with van der Waals surface area (Å²) in [5, 5.41) is 0. The fourth-order valence-electron chi connectivity index (χ4n) is 0.581. The standard InChI is InChI=1S/C6H4Br2O2S/c7-5-2-1-4(11(9)10)3-6(5)8/h1-3H,(H,9,10)/p-1. The normalized spacial score (nSPS) is 13.0. The average Bonchev–Trinajstić information content (AvgIpc) is 1.94. The highest BCUT2D eigenvalue weighted by Gasteiger charge is 1.97. The van der Waals surface area contributed by atoms with Crippen molar-refractivity contribution in [2.24, 2.45) is 0 Å². The lowest BCUT2D eigenvalue weighted by Gasteiger charge is -2.05. The Hall–Kier alpha value is 0.290. The van der Waals surface area contributed by atoms with Gasteiger partial charge < -0.3 is 4.55 Å². The van der Waals surface area contributed by atoms with E-state index in [9.17, 15) is 8.76 Å². The molecule has 0 N–H and O–H groups in total. The molecular formula is C6H3Br2O2S-. The van der Waals surface area contributed by atoms with E-state index in [1.807, 2.05) is 0 Å². The zero-order chi connectivity index (χ0) is 8.43. The van der Waals surface area contributed by atoms with Crippen LogP contribution in [0.25, 0.3) is 0 Å². The summed E-state index contributed by atoms with van der Waals surface area (Å²) in [4.78, 5) is 0.278. The molecule has 0 aromatic heterocycles. The summed E-state index contributed by atoms with van der Waals surface area (Å²) in [6, 6.07) is 4.74. The van der Waals surface area contributed by atoms with Crippen LogP contribution in [0, 0.1) is 0 Å². The van der Waals surface area contributed by atoms with Gasteiger partial charge in [-0.15, -0.1) is 0 Å². The highest BCUT2D eigenvalue weighted by molar-refractivity contribution is 9.13. The second kappa shape index (κ2) is 3.80. The third kappa shape index (κ3) is 2.37. The predicted molar refractivity (Wildman–Crippen MR) is 49.0 cm³/mol. The van der Waals surface area contributed by atoms with Gasteiger partial charge in [0.25, 0.3) is 0 Å². The molecule has 0 bridgehead atoms. The van der Waals surface area contributed by atoms with Crippen LogP contribution in [0.15, 0.2) is 32.0 Å². The van der Waals surface area contributed by atoms with Crippen LogP contribution in [0.3, 0.4) is 0 Å². The highest BCUT2D eigenvalue weighted by Crippen LogP contribution is 2.24. The Labute approximate surface area is 83.5 Å². The van der Waals surface area contributed by atoms with Crippen LogP contribution in [-0.2, 0) is 11.1 Å². The Morgan fingerprint density at radius 3 is 2.36 bits per heavy atom. The molecule has 1 aromatic carbocycles. The summed E-state index contributed by atoms with van der Waals surface area (Å²) in [7, 11) is 0. The monoisotopic (exact) mass is 297 g/mol. The van der Waals surface area contributed by atoms with Crippen molar-refractivity contribution in [3.63, 3.8) is 0 Å². The molecule has 1 rings (SSSR count). The van der Waals surface area contributed by atoms with Crippen LogP contribution >= 0.6 is 31.9 Å². The van der Waals surface area contributed by atoms with Gasteiger partial charge in [-0.3, -0.25) is 4.21 Å². The third-order valence-corrected chi connectivity index (χ3v) is 3.60. The van der Waals surface area contributed by atoms with Crippen molar-refractivity contribution in [3.05, 3.63) is 27.1 Å². The zero-order valence-corrected chi connectivity index (χ0v) is 9.20. The summed E-state index contributed by atoms with van der Waals surface area (Å²) in [5.74, 6) is 0. The van der Waals surface area contributed by atoms with Gasteiger partial charge in [0.05, 0.1) is 0 Å². The molecule has 0 aliphatic heterocycles. The quantitative estimate of drug-likeness (QED) is 0.747. The summed E-state index contributed by atoms with van der Waals surface area (Å²) in [6.07, 6.45) is 0. The van der Waals surface area contributed by atoms with E-state index in [0.717, 1.165) is 8.95 Å². The van der Waals surface area contributed by atoms with Gasteiger partial charge in [0, 0.05) is 13.8 Å². The van der Waals surface area contributed by atoms with E-state index in [-0.39, 0.29) is 4.90 Å². The van der Waals surface area contributed by atoms with Crippen LogP contribution in [0.1, 0.15) is 0 Å². The Kier molecular flexibility index (Phi) is 3.24. The number of benzene rings is 1. The van der Waals surface area contributed by atoms with E-state index in [2.05, 4.69) is 31.9 Å². The van der Waals surface area contributed by atoms with Crippen molar-refractivity contribution < 1.29 is 8.76 Å². The van der Waals surface area contributed by atoms with Crippen molar-refractivity contribution in [3.8, 4) is 0 Å². The maximum absolute atomic E-state index is 10.4. The van der Waals surface area contributed by atoms with Crippen LogP contribution in [0.4, 0.5) is 0 Å². The third-order valence-electron chi connectivity index (χ3n) is 1.08. The van der Waals surface area contributed by atoms with Crippen LogP contribution in [-0.4, -0.2) is 8.76 Å². The molecule has 1 unspecified atom stereocenters. The van der Waals surface area contributed by atoms with Crippen molar-refractivity contribution in [1.82, 2.24) is 0 Å². The molecule has 1 aromatic rings. The maximum atomic E-state index is 10.4. The van der Waals surface area contributed by atoms with E-state index in [1.54, 1.807) is 6.07 Å². The minimum atomic E-state index is -2.15. The van der Waals surface area contributed by atoms with Gasteiger partial charge in [0.2, 0.25) is 0 Å². The van der Waals surface area contributed by atoms with Crippen LogP contribution in [0.5, 0.6) is 0 Å². The van der Waals surface area contributed by atoms with Gasteiger partial charge >= 0.3 is 0 Å². The lowest BCUT2D eigenvalue weighted by Crippen LogP contribution is -1.87. The number of hydrogen-bond acceptors (Lipinski definition) is 2. The SMILES string of the molecule is O=S([O-])c1ccc(Br)c(Br)c1. The molecule has 0 spiro atoms. The lowest BCUT2D eigenvalue weighted by atomic mass is 10.4. The average molecular weight is 299 g/mol. The molecule has 0 aliphatic rings. The van der Waals surface area contributed by atoms with Crippen molar-refractivity contribution in [2.45, 2.75) is 4.90 Å². The molecule has 2 nitrogen and oxygen atoms in total. The van der Waals surface area contributed by atoms with Crippen molar-refractivity contribution in [2.75, 3.05) is 0 Å². The van der Waals surface area contributed by atoms with Crippen molar-refractivity contribution >= 4 is 42.9 Å². The van der Waals surface area contributed by atoms with Crippen LogP contribution in [0.2, 0.25) is 0 Å². The molecule has 60 valence electrons. The first-order chi connectivity index (χ1) is 5.11. The minimum Gasteiger partial charge on any atom is -0.768 e. The van der Waals surface area contributed by atoms with Gasteiger partial charge in [-0.1, -0.05) is 0 Å². The first-order valence-corrected chi connectivity index (χ1v) is 5.31. The van der Waals surface area contributed by atoms with E-state index in [0.29, 0.717) is 0 Å². The molecule has 11 heavy (non-hydrogen) atoms. The largest absolute Gasteiger partial charge is 0.768 e. The molecule has 1 atom stereocenters. The van der Waals surface area contributed by atoms with Crippen molar-refractivity contribution in [1.29, 1.82) is 0 Å². The van der Waals surface area contributed by atoms with E-state index < -0.39 is 11.1 Å². The van der Waals surface area contributed by atoms with Crippen LogP contribution < -0.4 is 0 Å². The summed E-state index contributed by atoms with van der Waals surface area (Å²) < 4.78 is 22.4. The molecule has 0 heterocycles. The second-order valence-corrected chi connectivity index (χ2v) is 4.46. The molecule has 0 amide bonds. The second-order valence-electron chi connectivity index (χ2n) is 1.81. The molecule has 0 radical (unpaired) electrons. The van der Waals surface area contributed by atoms with E-state index in [4.69, 9.17) is 0 Å². The summed E-state index contributed by atoms with van der Waals surface area (Å²) in [6.45, 7) is 0. The van der Waals surface area contributed by atoms with Gasteiger partial charge in [-0.2, -0.15) is 0 Å². The maximum Gasteiger partial charge on any atom is 0.0329 e. The smallest absolute Gasteiger partial charge is 0.0329 e. The number of rotatable bonds is 1. The highest BCUT2D eigenvalue weighted by atomic mass is 79.9. The fraction of sp³-hybridized carbons (Fsp3) is 0.